The molecule has 4 aromatic rings. The van der Waals surface area contributed by atoms with E-state index in [1.807, 2.05) is 6.92 Å². The van der Waals surface area contributed by atoms with Crippen LogP contribution in [0.15, 0.2) is 93.3 Å². The van der Waals surface area contributed by atoms with Crippen LogP contribution in [0.3, 0.4) is 0 Å². The first-order valence-electron chi connectivity index (χ1n) is 11.9. The molecule has 0 aliphatic rings. The van der Waals surface area contributed by atoms with Crippen LogP contribution < -0.4 is 14.5 Å². The van der Waals surface area contributed by atoms with E-state index in [1.165, 1.54) is 18.3 Å². The number of carbonyl (C=O) groups is 1. The lowest BCUT2D eigenvalue weighted by Crippen LogP contribution is -2.39. The zero-order chi connectivity index (χ0) is 28.0. The number of amides is 1. The van der Waals surface area contributed by atoms with Gasteiger partial charge in [0.25, 0.3) is 15.9 Å². The molecule has 1 N–H and O–H groups in total. The number of sulfonamides is 1. The lowest BCUT2D eigenvalue weighted by atomic mass is 10.2. The Bertz CT molecular complexity index is 1600. The van der Waals surface area contributed by atoms with Gasteiger partial charge in [-0.1, -0.05) is 53.0 Å². The lowest BCUT2D eigenvalue weighted by Gasteiger charge is -2.25. The van der Waals surface area contributed by atoms with Gasteiger partial charge in [-0.25, -0.2) is 13.8 Å². The Hall–Kier alpha value is -3.79. The van der Waals surface area contributed by atoms with Crippen molar-refractivity contribution in [2.45, 2.75) is 18.7 Å². The largest absolute Gasteiger partial charge is 0.492 e. The molecule has 1 heterocycles. The van der Waals surface area contributed by atoms with Gasteiger partial charge in [0.2, 0.25) is 0 Å². The number of halogens is 2. The zero-order valence-corrected chi connectivity index (χ0v) is 23.4. The number of furan rings is 1. The van der Waals surface area contributed by atoms with Crippen molar-refractivity contribution < 1.29 is 22.4 Å². The van der Waals surface area contributed by atoms with E-state index < -0.39 is 22.5 Å². The summed E-state index contributed by atoms with van der Waals surface area (Å²) in [4.78, 5) is 12.9. The van der Waals surface area contributed by atoms with Gasteiger partial charge in [-0.3, -0.25) is 9.10 Å². The second kappa shape index (κ2) is 12.4. The number of hydrogen-bond acceptors (Lipinski definition) is 6. The number of para-hydroxylation sites is 2. The van der Waals surface area contributed by atoms with E-state index in [2.05, 4.69) is 10.5 Å². The molecule has 0 bridgehead atoms. The fourth-order valence-electron chi connectivity index (χ4n) is 3.67. The molecule has 0 saturated carbocycles. The highest BCUT2D eigenvalue weighted by atomic mass is 35.5. The molecule has 0 radical (unpaired) electrons. The fraction of sp³-hybridized carbons (Fsp3) is 0.143. The van der Waals surface area contributed by atoms with Crippen molar-refractivity contribution in [2.75, 3.05) is 17.5 Å². The second-order valence-electron chi connectivity index (χ2n) is 8.34. The second-order valence-corrected chi connectivity index (χ2v) is 11.1. The SMILES string of the molecule is CCOc1ccccc1N(CC(=O)N/N=C\c1ccc(-c2ccc(Cl)cc2Cl)o1)S(=O)(=O)c1ccc(C)cc1. The summed E-state index contributed by atoms with van der Waals surface area (Å²) in [5.41, 5.74) is 4.15. The molecule has 4 rings (SSSR count). The Kier molecular flexibility index (Phi) is 8.96. The molecule has 202 valence electrons. The van der Waals surface area contributed by atoms with Crippen molar-refractivity contribution in [2.24, 2.45) is 5.10 Å². The van der Waals surface area contributed by atoms with Crippen molar-refractivity contribution in [1.29, 1.82) is 0 Å². The van der Waals surface area contributed by atoms with Crippen LogP contribution in [0.1, 0.15) is 18.2 Å². The van der Waals surface area contributed by atoms with E-state index in [-0.39, 0.29) is 10.6 Å². The molecule has 0 spiro atoms. The average molecular weight is 586 g/mol. The maximum absolute atomic E-state index is 13.6. The van der Waals surface area contributed by atoms with E-state index in [0.29, 0.717) is 39.5 Å². The van der Waals surface area contributed by atoms with E-state index in [4.69, 9.17) is 32.4 Å². The number of aryl methyl sites for hydroxylation is 1. The van der Waals surface area contributed by atoms with Crippen molar-refractivity contribution in [3.63, 3.8) is 0 Å². The highest BCUT2D eigenvalue weighted by molar-refractivity contribution is 7.92. The quantitative estimate of drug-likeness (QED) is 0.174. The molecule has 0 atom stereocenters. The van der Waals surface area contributed by atoms with Gasteiger partial charge in [0, 0.05) is 10.6 Å². The molecular formula is C28H25Cl2N3O5S. The van der Waals surface area contributed by atoms with Crippen LogP contribution in [0.4, 0.5) is 5.69 Å². The number of ether oxygens (including phenoxy) is 1. The third-order valence-electron chi connectivity index (χ3n) is 5.53. The number of carbonyl (C=O) groups excluding carboxylic acids is 1. The van der Waals surface area contributed by atoms with Crippen LogP contribution in [0.5, 0.6) is 5.75 Å². The standard InChI is InChI=1S/C28H25Cl2N3O5S/c1-3-37-27-7-5-4-6-25(27)33(39(35,36)22-12-8-19(2)9-13-22)18-28(34)32-31-17-21-11-15-26(38-21)23-14-10-20(29)16-24(23)30/h4-17H,3,18H2,1-2H3,(H,32,34)/b31-17-. The van der Waals surface area contributed by atoms with Gasteiger partial charge in [0.15, 0.2) is 0 Å². The predicted molar refractivity (Wildman–Crippen MR) is 153 cm³/mol. The fourth-order valence-corrected chi connectivity index (χ4v) is 5.60. The summed E-state index contributed by atoms with van der Waals surface area (Å²) >= 11 is 12.2. The molecule has 0 fully saturated rings. The van der Waals surface area contributed by atoms with E-state index in [9.17, 15) is 13.2 Å². The number of hydrazone groups is 1. The van der Waals surface area contributed by atoms with Crippen LogP contribution in [0.2, 0.25) is 10.0 Å². The molecule has 1 amide bonds. The van der Waals surface area contributed by atoms with E-state index in [1.54, 1.807) is 73.7 Å². The highest BCUT2D eigenvalue weighted by Crippen LogP contribution is 2.33. The number of rotatable bonds is 10. The summed E-state index contributed by atoms with van der Waals surface area (Å²) < 4.78 is 39.7. The molecule has 0 aliphatic heterocycles. The summed E-state index contributed by atoms with van der Waals surface area (Å²) in [6.07, 6.45) is 1.30. The van der Waals surface area contributed by atoms with Crippen LogP contribution in [0.25, 0.3) is 11.3 Å². The minimum Gasteiger partial charge on any atom is -0.492 e. The van der Waals surface area contributed by atoms with Gasteiger partial charge < -0.3 is 9.15 Å². The zero-order valence-electron chi connectivity index (χ0n) is 21.1. The minimum atomic E-state index is -4.12. The summed E-state index contributed by atoms with van der Waals surface area (Å²) in [5, 5.41) is 4.86. The van der Waals surface area contributed by atoms with Crippen LogP contribution in [-0.4, -0.2) is 33.7 Å². The number of nitrogens with one attached hydrogen (secondary N) is 1. The molecule has 1 aromatic heterocycles. The van der Waals surface area contributed by atoms with Crippen LogP contribution >= 0.6 is 23.2 Å². The maximum Gasteiger partial charge on any atom is 0.264 e. The minimum absolute atomic E-state index is 0.0414. The first-order valence-corrected chi connectivity index (χ1v) is 14.1. The number of hydrogen-bond donors (Lipinski definition) is 1. The number of anilines is 1. The Balaban J connectivity index is 1.54. The van der Waals surface area contributed by atoms with Crippen molar-refractivity contribution in [3.05, 3.63) is 100 Å². The number of nitrogens with zero attached hydrogens (tertiary/aromatic N) is 2. The summed E-state index contributed by atoms with van der Waals surface area (Å²) in [7, 11) is -4.12. The molecule has 11 heteroatoms. The Morgan fingerprint density at radius 1 is 1.05 bits per heavy atom. The third-order valence-corrected chi connectivity index (χ3v) is 7.86. The van der Waals surface area contributed by atoms with Gasteiger partial charge in [-0.15, -0.1) is 0 Å². The predicted octanol–water partition coefficient (Wildman–Crippen LogP) is 6.31. The molecule has 0 aliphatic carbocycles. The third kappa shape index (κ3) is 6.81. The molecule has 0 saturated heterocycles. The number of benzene rings is 3. The van der Waals surface area contributed by atoms with Gasteiger partial charge in [0.05, 0.1) is 28.4 Å². The molecule has 8 nitrogen and oxygen atoms in total. The Labute approximate surface area is 236 Å². The first-order chi connectivity index (χ1) is 18.7. The van der Waals surface area contributed by atoms with Crippen molar-refractivity contribution >= 4 is 51.0 Å². The van der Waals surface area contributed by atoms with Crippen LogP contribution in [-0.2, 0) is 14.8 Å². The van der Waals surface area contributed by atoms with Crippen molar-refractivity contribution in [1.82, 2.24) is 5.43 Å². The summed E-state index contributed by atoms with van der Waals surface area (Å²) in [5.74, 6) is 0.506. The van der Waals surface area contributed by atoms with Gasteiger partial charge in [0.1, 0.15) is 23.8 Å². The normalized spacial score (nSPS) is 11.5. The molecular weight excluding hydrogens is 561 g/mol. The van der Waals surface area contributed by atoms with E-state index >= 15 is 0 Å². The average Bonchev–Trinajstić information content (AvgIpc) is 3.36. The topological polar surface area (TPSA) is 101 Å². The Morgan fingerprint density at radius 2 is 1.79 bits per heavy atom. The van der Waals surface area contributed by atoms with E-state index in [0.717, 1.165) is 9.87 Å². The highest BCUT2D eigenvalue weighted by Gasteiger charge is 2.29. The molecule has 0 unspecified atom stereocenters. The first kappa shape index (κ1) is 28.2. The lowest BCUT2D eigenvalue weighted by molar-refractivity contribution is -0.119. The molecule has 39 heavy (non-hydrogen) atoms. The Morgan fingerprint density at radius 3 is 2.51 bits per heavy atom. The smallest absolute Gasteiger partial charge is 0.264 e. The summed E-state index contributed by atoms with van der Waals surface area (Å²) in [6.45, 7) is 3.42. The van der Waals surface area contributed by atoms with Gasteiger partial charge in [-0.05, 0) is 68.4 Å². The van der Waals surface area contributed by atoms with Gasteiger partial charge in [-0.2, -0.15) is 5.10 Å². The maximum atomic E-state index is 13.6. The summed E-state index contributed by atoms with van der Waals surface area (Å²) in [6, 6.07) is 21.4. The van der Waals surface area contributed by atoms with Gasteiger partial charge >= 0.3 is 0 Å². The molecule has 3 aromatic carbocycles. The van der Waals surface area contributed by atoms with Crippen LogP contribution in [0, 0.1) is 6.92 Å². The monoisotopic (exact) mass is 585 g/mol. The van der Waals surface area contributed by atoms with Crippen molar-refractivity contribution in [3.8, 4) is 17.1 Å².